The van der Waals surface area contributed by atoms with Crippen molar-refractivity contribution in [3.63, 3.8) is 0 Å². The number of aromatic nitrogens is 2. The second kappa shape index (κ2) is 9.07. The molecule has 0 bridgehead atoms. The number of carbonyl (C=O) groups is 1. The summed E-state index contributed by atoms with van der Waals surface area (Å²) in [6.45, 7) is -0.111. The highest BCUT2D eigenvalue weighted by Gasteiger charge is 2.30. The van der Waals surface area contributed by atoms with Crippen LogP contribution in [0.15, 0.2) is 78.9 Å². The van der Waals surface area contributed by atoms with Crippen molar-refractivity contribution in [3.05, 3.63) is 107 Å². The molecular weight excluding hydrogens is 458 g/mol. The fourth-order valence-corrected chi connectivity index (χ4v) is 3.34. The molecule has 0 atom stereocenters. The van der Waals surface area contributed by atoms with Crippen LogP contribution in [0, 0.1) is 5.82 Å². The molecule has 4 aromatic rings. The Morgan fingerprint density at radius 3 is 2.33 bits per heavy atom. The molecule has 0 aliphatic rings. The van der Waals surface area contributed by atoms with E-state index in [1.54, 1.807) is 24.3 Å². The summed E-state index contributed by atoms with van der Waals surface area (Å²) in [6, 6.07) is 18.5. The van der Waals surface area contributed by atoms with Gasteiger partial charge >= 0.3 is 6.18 Å². The van der Waals surface area contributed by atoms with Crippen molar-refractivity contribution < 1.29 is 22.4 Å². The maximum Gasteiger partial charge on any atom is 0.416 e. The molecule has 0 aliphatic carbocycles. The summed E-state index contributed by atoms with van der Waals surface area (Å²) in [5.74, 6) is -0.946. The van der Waals surface area contributed by atoms with E-state index in [1.165, 1.54) is 47.1 Å². The zero-order valence-electron chi connectivity index (χ0n) is 16.9. The van der Waals surface area contributed by atoms with Crippen molar-refractivity contribution in [2.24, 2.45) is 0 Å². The van der Waals surface area contributed by atoms with Crippen molar-refractivity contribution in [1.29, 1.82) is 0 Å². The van der Waals surface area contributed by atoms with Gasteiger partial charge in [-0.15, -0.1) is 0 Å². The highest BCUT2D eigenvalue weighted by atomic mass is 35.5. The van der Waals surface area contributed by atoms with Gasteiger partial charge in [-0.05, 0) is 72.3 Å². The predicted molar refractivity (Wildman–Crippen MR) is 117 cm³/mol. The minimum absolute atomic E-state index is 0.111. The minimum atomic E-state index is -4.47. The minimum Gasteiger partial charge on any atom is -0.347 e. The first-order valence-corrected chi connectivity index (χ1v) is 10.1. The lowest BCUT2D eigenvalue weighted by Crippen LogP contribution is -2.25. The molecule has 0 saturated carbocycles. The Bertz CT molecular complexity index is 1280. The number of halogens is 5. The van der Waals surface area contributed by atoms with Crippen molar-refractivity contribution in [2.75, 3.05) is 0 Å². The zero-order valence-corrected chi connectivity index (χ0v) is 17.7. The fraction of sp³-hybridized carbons (Fsp3) is 0.0833. The first-order valence-electron chi connectivity index (χ1n) is 9.77. The normalized spacial score (nSPS) is 11.4. The molecule has 4 rings (SSSR count). The van der Waals surface area contributed by atoms with Crippen LogP contribution < -0.4 is 5.32 Å². The van der Waals surface area contributed by atoms with Gasteiger partial charge in [-0.2, -0.15) is 18.3 Å². The number of nitrogens with zero attached hydrogens (tertiary/aromatic N) is 2. The van der Waals surface area contributed by atoms with E-state index >= 15 is 0 Å². The number of benzene rings is 3. The Morgan fingerprint density at radius 1 is 0.970 bits per heavy atom. The third kappa shape index (κ3) is 5.23. The zero-order chi connectivity index (χ0) is 23.6. The van der Waals surface area contributed by atoms with E-state index < -0.39 is 23.5 Å². The lowest BCUT2D eigenvalue weighted by atomic mass is 10.1. The topological polar surface area (TPSA) is 46.9 Å². The van der Waals surface area contributed by atoms with Gasteiger partial charge in [0.1, 0.15) is 11.5 Å². The highest BCUT2D eigenvalue weighted by molar-refractivity contribution is 6.30. The molecule has 1 amide bonds. The van der Waals surface area contributed by atoms with Crippen LogP contribution in [0.4, 0.5) is 17.6 Å². The largest absolute Gasteiger partial charge is 0.416 e. The summed E-state index contributed by atoms with van der Waals surface area (Å²) in [5, 5.41) is 7.61. The van der Waals surface area contributed by atoms with Crippen LogP contribution in [0.25, 0.3) is 16.9 Å². The number of nitrogens with one attached hydrogen (secondary N) is 1. The number of carbonyl (C=O) groups excluding carboxylic acids is 1. The standard InChI is InChI=1S/C24H16ClF4N3O/c25-18-6-10-20(11-7-18)32-22(13-21(31-32)16-4-8-19(26)9-5-16)23(33)30-14-15-2-1-3-17(12-15)24(27,28)29/h1-13H,14H2,(H,30,33). The van der Waals surface area contributed by atoms with Gasteiger partial charge in [0, 0.05) is 17.1 Å². The molecular formula is C24H16ClF4N3O. The Morgan fingerprint density at radius 2 is 1.67 bits per heavy atom. The monoisotopic (exact) mass is 473 g/mol. The Balaban J connectivity index is 1.64. The van der Waals surface area contributed by atoms with Gasteiger partial charge in [0.05, 0.1) is 16.9 Å². The van der Waals surface area contributed by atoms with E-state index in [9.17, 15) is 22.4 Å². The van der Waals surface area contributed by atoms with Crippen molar-refractivity contribution in [2.45, 2.75) is 12.7 Å². The van der Waals surface area contributed by atoms with Crippen LogP contribution in [0.5, 0.6) is 0 Å². The Labute approximate surface area is 191 Å². The summed E-state index contributed by atoms with van der Waals surface area (Å²) in [5.41, 5.74) is 1.24. The summed E-state index contributed by atoms with van der Waals surface area (Å²) >= 11 is 5.96. The molecule has 1 aromatic heterocycles. The van der Waals surface area contributed by atoms with Crippen LogP contribution in [0.1, 0.15) is 21.6 Å². The van der Waals surface area contributed by atoms with E-state index in [1.807, 2.05) is 0 Å². The first kappa shape index (κ1) is 22.5. The molecule has 33 heavy (non-hydrogen) atoms. The van der Waals surface area contributed by atoms with Crippen LogP contribution >= 0.6 is 11.6 Å². The Kier molecular flexibility index (Phi) is 6.20. The fourth-order valence-electron chi connectivity index (χ4n) is 3.21. The molecule has 0 fully saturated rings. The molecule has 0 spiro atoms. The van der Waals surface area contributed by atoms with Gasteiger partial charge in [0.2, 0.25) is 0 Å². The average molecular weight is 474 g/mol. The highest BCUT2D eigenvalue weighted by Crippen LogP contribution is 2.29. The molecule has 3 aromatic carbocycles. The molecule has 0 radical (unpaired) electrons. The smallest absolute Gasteiger partial charge is 0.347 e. The predicted octanol–water partition coefficient (Wildman–Crippen LogP) is 6.28. The average Bonchev–Trinajstić information content (AvgIpc) is 3.24. The summed E-state index contributed by atoms with van der Waals surface area (Å²) in [6.07, 6.45) is -4.47. The first-order chi connectivity index (χ1) is 15.7. The van der Waals surface area contributed by atoms with Gasteiger partial charge < -0.3 is 5.32 Å². The van der Waals surface area contributed by atoms with Crippen LogP contribution in [-0.2, 0) is 12.7 Å². The molecule has 0 aliphatic heterocycles. The third-order valence-corrected chi connectivity index (χ3v) is 5.11. The van der Waals surface area contributed by atoms with Crippen LogP contribution in [-0.4, -0.2) is 15.7 Å². The van der Waals surface area contributed by atoms with E-state index in [4.69, 9.17) is 11.6 Å². The third-order valence-electron chi connectivity index (χ3n) is 4.86. The summed E-state index contributed by atoms with van der Waals surface area (Å²) in [7, 11) is 0. The molecule has 4 nitrogen and oxygen atoms in total. The number of alkyl halides is 3. The van der Waals surface area contributed by atoms with Gasteiger partial charge in [-0.3, -0.25) is 4.79 Å². The number of amides is 1. The van der Waals surface area contributed by atoms with E-state index in [0.29, 0.717) is 27.5 Å². The maximum atomic E-state index is 13.3. The lowest BCUT2D eigenvalue weighted by Gasteiger charge is -2.11. The van der Waals surface area contributed by atoms with Gasteiger partial charge in [0.25, 0.3) is 5.91 Å². The summed E-state index contributed by atoms with van der Waals surface area (Å²) < 4.78 is 53.6. The molecule has 0 saturated heterocycles. The quantitative estimate of drug-likeness (QED) is 0.347. The van der Waals surface area contributed by atoms with E-state index in [2.05, 4.69) is 10.4 Å². The molecule has 1 heterocycles. The lowest BCUT2D eigenvalue weighted by molar-refractivity contribution is -0.137. The van der Waals surface area contributed by atoms with E-state index in [0.717, 1.165) is 12.1 Å². The summed E-state index contributed by atoms with van der Waals surface area (Å²) in [4.78, 5) is 13.0. The number of rotatable bonds is 5. The molecule has 1 N–H and O–H groups in total. The SMILES string of the molecule is O=C(NCc1cccc(C(F)(F)F)c1)c1cc(-c2ccc(F)cc2)nn1-c1ccc(Cl)cc1. The molecule has 9 heteroatoms. The number of hydrogen-bond acceptors (Lipinski definition) is 2. The van der Waals surface area contributed by atoms with E-state index in [-0.39, 0.29) is 12.2 Å². The second-order valence-electron chi connectivity index (χ2n) is 7.19. The Hall–Kier alpha value is -3.65. The van der Waals surface area contributed by atoms with Crippen molar-refractivity contribution >= 4 is 17.5 Å². The number of hydrogen-bond donors (Lipinski definition) is 1. The van der Waals surface area contributed by atoms with Crippen LogP contribution in [0.3, 0.4) is 0 Å². The maximum absolute atomic E-state index is 13.3. The van der Waals surface area contributed by atoms with Gasteiger partial charge in [-0.1, -0.05) is 23.7 Å². The van der Waals surface area contributed by atoms with Crippen molar-refractivity contribution in [1.82, 2.24) is 15.1 Å². The van der Waals surface area contributed by atoms with Crippen LogP contribution in [0.2, 0.25) is 5.02 Å². The van der Waals surface area contributed by atoms with Crippen molar-refractivity contribution in [3.8, 4) is 16.9 Å². The second-order valence-corrected chi connectivity index (χ2v) is 7.63. The van der Waals surface area contributed by atoms with Gasteiger partial charge in [0.15, 0.2) is 0 Å². The molecule has 0 unspecified atom stereocenters. The molecule has 168 valence electrons. The van der Waals surface area contributed by atoms with Gasteiger partial charge in [-0.25, -0.2) is 9.07 Å².